The first-order chi connectivity index (χ1) is 33.6. The third kappa shape index (κ3) is 7.32. The zero-order valence-electron chi connectivity index (χ0n) is 38.2. The second-order valence-corrected chi connectivity index (χ2v) is 18.1. The maximum Gasteiger partial charge on any atom is 0.278 e. The van der Waals surface area contributed by atoms with Crippen molar-refractivity contribution in [3.05, 3.63) is 240 Å². The molecule has 68 heavy (non-hydrogen) atoms. The second-order valence-electron chi connectivity index (χ2n) is 18.1. The molecule has 5 nitrogen and oxygen atoms in total. The zero-order chi connectivity index (χ0) is 45.6. The second kappa shape index (κ2) is 17.6. The fourth-order valence-corrected chi connectivity index (χ4v) is 10.8. The molecule has 0 aliphatic heterocycles. The molecule has 12 rings (SSSR count). The van der Waals surface area contributed by atoms with Crippen LogP contribution in [0.4, 0.5) is 0 Å². The first-order valence-electron chi connectivity index (χ1n) is 24.0. The molecule has 2 unspecified atom stereocenters. The summed E-state index contributed by atoms with van der Waals surface area (Å²) in [6, 6.07) is 49.7. The molecule has 3 aromatic heterocycles. The quantitative estimate of drug-likeness (QED) is 0.129. The van der Waals surface area contributed by atoms with Gasteiger partial charge in [-0.15, -0.1) is 0 Å². The van der Waals surface area contributed by atoms with Crippen molar-refractivity contribution in [2.24, 2.45) is 0 Å². The average molecular weight is 880 g/mol. The molecule has 9 aromatic rings. The molecule has 6 aromatic carbocycles. The lowest BCUT2D eigenvalue weighted by atomic mass is 9.81. The number of nitrogens with zero attached hydrogens (tertiary/aromatic N) is 4. The van der Waals surface area contributed by atoms with Crippen LogP contribution in [-0.4, -0.2) is 19.5 Å². The monoisotopic (exact) mass is 879 g/mol. The van der Waals surface area contributed by atoms with Gasteiger partial charge in [0.25, 0.3) is 11.2 Å². The van der Waals surface area contributed by atoms with Crippen molar-refractivity contribution in [1.29, 1.82) is 0 Å². The lowest BCUT2D eigenvalue weighted by molar-refractivity contribution is 0.672. The van der Waals surface area contributed by atoms with Gasteiger partial charge in [-0.3, -0.25) is 0 Å². The Balaban J connectivity index is 1.13. The van der Waals surface area contributed by atoms with Gasteiger partial charge in [0.05, 0.1) is 22.0 Å². The van der Waals surface area contributed by atoms with Crippen LogP contribution in [0.25, 0.3) is 84.1 Å². The van der Waals surface area contributed by atoms with E-state index in [1.807, 2.05) is 12.1 Å². The van der Waals surface area contributed by atoms with Crippen LogP contribution in [0, 0.1) is 0 Å². The Morgan fingerprint density at radius 3 is 2.16 bits per heavy atom. The lowest BCUT2D eigenvalue weighted by Gasteiger charge is -2.25. The fourth-order valence-electron chi connectivity index (χ4n) is 10.8. The standard InChI is InChI=1S/C63H50N4O/c1-3-50-55(4-2)67(56-35-34-52-51-32-20-21-33-57(51)68-60(52)58(50)56)59-53(43-26-14-7-15-27-43)39-49(40-54(59)44-28-16-8-17-29-44)63-65-61(45-30-18-9-19-31-45)64-62(66-63)48-37-46(41-22-10-5-11-23-41)36-47(38-48)42-24-12-6-13-25-42/h4-12,14-24,26-28,30-35,37-40,44,46H,2-3,13,25,29,36H2,1H3/p+1. The number of hydrogen-bond donors (Lipinski definition) is 0. The Bertz CT molecular complexity index is 3620. The van der Waals surface area contributed by atoms with Crippen LogP contribution >= 0.6 is 0 Å². The van der Waals surface area contributed by atoms with E-state index in [1.54, 1.807) is 0 Å². The van der Waals surface area contributed by atoms with Gasteiger partial charge in [-0.25, -0.2) is 15.0 Å². The predicted molar refractivity (Wildman–Crippen MR) is 283 cm³/mol. The zero-order valence-corrected chi connectivity index (χ0v) is 38.2. The summed E-state index contributed by atoms with van der Waals surface area (Å²) in [7, 11) is 0. The molecule has 328 valence electrons. The fraction of sp³-hybridized carbons (Fsp3) is 0.127. The van der Waals surface area contributed by atoms with Crippen molar-refractivity contribution in [1.82, 2.24) is 19.5 Å². The topological polar surface area (TPSA) is 56.4 Å². The number of fused-ring (bicyclic) bond motifs is 5. The molecule has 5 heteroatoms. The summed E-state index contributed by atoms with van der Waals surface area (Å²) < 4.78 is 7.78. The van der Waals surface area contributed by atoms with Gasteiger partial charge in [0, 0.05) is 45.9 Å². The van der Waals surface area contributed by atoms with Gasteiger partial charge in [-0.2, -0.15) is 0 Å². The molecular formula is C63H51N4O+. The third-order valence-corrected chi connectivity index (χ3v) is 14.0. The van der Waals surface area contributed by atoms with Gasteiger partial charge in [0.1, 0.15) is 5.39 Å². The van der Waals surface area contributed by atoms with Gasteiger partial charge in [0.2, 0.25) is 0 Å². The van der Waals surface area contributed by atoms with Gasteiger partial charge < -0.3 is 8.98 Å². The normalized spacial score (nSPS) is 16.9. The highest BCUT2D eigenvalue weighted by atomic mass is 16.3. The summed E-state index contributed by atoms with van der Waals surface area (Å²) in [5, 5.41) is 3.53. The van der Waals surface area contributed by atoms with E-state index in [-0.39, 0.29) is 11.8 Å². The van der Waals surface area contributed by atoms with E-state index in [9.17, 15) is 0 Å². The first kappa shape index (κ1) is 41.3. The summed E-state index contributed by atoms with van der Waals surface area (Å²) in [5.74, 6) is 2.20. The molecule has 0 spiro atoms. The van der Waals surface area contributed by atoms with Gasteiger partial charge in [-0.05, 0) is 108 Å². The van der Waals surface area contributed by atoms with Crippen molar-refractivity contribution in [3.63, 3.8) is 0 Å². The number of aromatic nitrogens is 4. The van der Waals surface area contributed by atoms with E-state index in [1.165, 1.54) is 44.0 Å². The van der Waals surface area contributed by atoms with E-state index in [0.717, 1.165) is 88.0 Å². The van der Waals surface area contributed by atoms with E-state index in [4.69, 9.17) is 19.4 Å². The van der Waals surface area contributed by atoms with Crippen LogP contribution in [0.1, 0.15) is 72.7 Å². The van der Waals surface area contributed by atoms with Gasteiger partial charge >= 0.3 is 0 Å². The third-order valence-electron chi connectivity index (χ3n) is 14.0. The molecule has 0 amide bonds. The number of rotatable bonds is 10. The largest absolute Gasteiger partial charge is 0.545 e. The SMILES string of the molecule is C=Cc1c(CC)c2c3[oH+]c4ccccc4c3ccc2n1-c1c(-c2ccccc2)cc(-c2nc(C3=CC(c4ccccc4)CC(C4=CC=CCC4)=C3)nc(-c3ccccc3)n2)cc1C1C=CC=CC1. The number of para-hydroxylation sites is 1. The first-order valence-corrected chi connectivity index (χ1v) is 24.0. The average Bonchev–Trinajstić information content (AvgIpc) is 3.97. The number of furan rings is 1. The van der Waals surface area contributed by atoms with Crippen molar-refractivity contribution in [3.8, 4) is 39.6 Å². The maximum absolute atomic E-state index is 5.51. The molecule has 0 saturated heterocycles. The number of benzene rings is 6. The minimum atomic E-state index is 0.0758. The molecule has 2 atom stereocenters. The molecule has 0 saturated carbocycles. The highest BCUT2D eigenvalue weighted by Gasteiger charge is 2.30. The molecule has 0 bridgehead atoms. The highest BCUT2D eigenvalue weighted by molar-refractivity contribution is 6.16. The summed E-state index contributed by atoms with van der Waals surface area (Å²) in [6.07, 6.45) is 27.1. The minimum absolute atomic E-state index is 0.0758. The summed E-state index contributed by atoms with van der Waals surface area (Å²) in [6.45, 7) is 6.74. The number of aryl methyl sites for hydroxylation is 1. The van der Waals surface area contributed by atoms with Gasteiger partial charge in [0.15, 0.2) is 17.5 Å². The van der Waals surface area contributed by atoms with Crippen molar-refractivity contribution < 1.29 is 4.42 Å². The van der Waals surface area contributed by atoms with E-state index < -0.39 is 0 Å². The lowest BCUT2D eigenvalue weighted by Crippen LogP contribution is -2.11. The minimum Gasteiger partial charge on any atom is -0.545 e. The molecule has 0 radical (unpaired) electrons. The number of allylic oxidation sites excluding steroid dienone is 12. The molecule has 1 N–H and O–H groups in total. The van der Waals surface area contributed by atoms with Crippen molar-refractivity contribution in [2.75, 3.05) is 0 Å². The highest BCUT2D eigenvalue weighted by Crippen LogP contribution is 2.46. The molecule has 3 aliphatic carbocycles. The van der Waals surface area contributed by atoms with Crippen LogP contribution in [-0.2, 0) is 6.42 Å². The van der Waals surface area contributed by atoms with Crippen LogP contribution in [0.5, 0.6) is 0 Å². The summed E-state index contributed by atoms with van der Waals surface area (Å²) in [4.78, 5) is 16.2. The van der Waals surface area contributed by atoms with E-state index in [0.29, 0.717) is 17.5 Å². The Hall–Kier alpha value is -8.15. The molecule has 0 fully saturated rings. The Labute approximate surface area is 397 Å². The molecule has 3 aliphatic rings. The molecule has 3 heterocycles. The number of hydrogen-bond acceptors (Lipinski definition) is 3. The molecular weight excluding hydrogens is 829 g/mol. The van der Waals surface area contributed by atoms with Crippen LogP contribution in [0.2, 0.25) is 0 Å². The Morgan fingerprint density at radius 1 is 0.691 bits per heavy atom. The van der Waals surface area contributed by atoms with Gasteiger partial charge in [-0.1, -0.05) is 165 Å². The summed E-state index contributed by atoms with van der Waals surface area (Å²) >= 11 is 0. The Morgan fingerprint density at radius 2 is 1.43 bits per heavy atom. The van der Waals surface area contributed by atoms with E-state index in [2.05, 4.69) is 206 Å². The van der Waals surface area contributed by atoms with Crippen LogP contribution in [0.15, 0.2) is 216 Å². The van der Waals surface area contributed by atoms with E-state index >= 15 is 0 Å². The smallest absolute Gasteiger partial charge is 0.278 e. The van der Waals surface area contributed by atoms with Crippen molar-refractivity contribution >= 4 is 44.5 Å². The Kier molecular flexibility index (Phi) is 10.7. The summed E-state index contributed by atoms with van der Waals surface area (Å²) in [5.41, 5.74) is 16.9. The van der Waals surface area contributed by atoms with Crippen LogP contribution < -0.4 is 0 Å². The predicted octanol–water partition coefficient (Wildman–Crippen LogP) is 16.4. The van der Waals surface area contributed by atoms with Crippen LogP contribution in [0.3, 0.4) is 0 Å². The van der Waals surface area contributed by atoms with Crippen molar-refractivity contribution in [2.45, 2.75) is 50.9 Å². The maximum atomic E-state index is 5.51.